The molecule has 1 aliphatic carbocycles. The van der Waals surface area contributed by atoms with E-state index in [0.29, 0.717) is 25.3 Å². The molecular formula is C25H31FN2O3. The maximum absolute atomic E-state index is 13.5. The quantitative estimate of drug-likeness (QED) is 0.668. The number of carbonyl (C=O) groups excluding carboxylic acids is 1. The van der Waals surface area contributed by atoms with Crippen LogP contribution in [0.4, 0.5) is 4.39 Å². The average molecular weight is 427 g/mol. The summed E-state index contributed by atoms with van der Waals surface area (Å²) >= 11 is 0. The average Bonchev–Trinajstić information content (AvgIpc) is 3.32. The van der Waals surface area contributed by atoms with Gasteiger partial charge in [-0.15, -0.1) is 0 Å². The number of benzene rings is 2. The molecule has 0 spiro atoms. The number of methoxy groups -OCH3 is 1. The second-order valence-electron chi connectivity index (χ2n) is 8.48. The molecule has 5 nitrogen and oxygen atoms in total. The minimum atomic E-state index is -0.209. The van der Waals surface area contributed by atoms with Gasteiger partial charge in [0.05, 0.1) is 19.8 Å². The molecule has 1 atom stereocenters. The fourth-order valence-corrected chi connectivity index (χ4v) is 4.66. The minimum Gasteiger partial charge on any atom is -0.497 e. The first-order chi connectivity index (χ1) is 15.1. The zero-order valence-corrected chi connectivity index (χ0v) is 18.1. The zero-order chi connectivity index (χ0) is 21.6. The Morgan fingerprint density at radius 2 is 1.97 bits per heavy atom. The summed E-state index contributed by atoms with van der Waals surface area (Å²) in [6.07, 6.45) is 4.36. The van der Waals surface area contributed by atoms with Crippen LogP contribution in [-0.4, -0.2) is 61.2 Å². The Labute approximate surface area is 183 Å². The third-order valence-electron chi connectivity index (χ3n) is 6.28. The van der Waals surface area contributed by atoms with Gasteiger partial charge in [-0.2, -0.15) is 0 Å². The Morgan fingerprint density at radius 3 is 2.68 bits per heavy atom. The van der Waals surface area contributed by atoms with Gasteiger partial charge < -0.3 is 14.4 Å². The van der Waals surface area contributed by atoms with Crippen LogP contribution in [-0.2, 0) is 11.3 Å². The Balaban J connectivity index is 1.44. The van der Waals surface area contributed by atoms with E-state index >= 15 is 0 Å². The highest BCUT2D eigenvalue weighted by molar-refractivity contribution is 5.94. The summed E-state index contributed by atoms with van der Waals surface area (Å²) in [7, 11) is 1.62. The van der Waals surface area contributed by atoms with Gasteiger partial charge in [-0.1, -0.05) is 25.0 Å². The molecule has 31 heavy (non-hydrogen) atoms. The van der Waals surface area contributed by atoms with Crippen molar-refractivity contribution in [3.8, 4) is 5.75 Å². The van der Waals surface area contributed by atoms with Crippen LogP contribution in [0.5, 0.6) is 5.75 Å². The lowest BCUT2D eigenvalue weighted by atomic mass is 10.1. The highest BCUT2D eigenvalue weighted by Crippen LogP contribution is 2.26. The van der Waals surface area contributed by atoms with Crippen molar-refractivity contribution in [1.82, 2.24) is 9.80 Å². The molecule has 0 N–H and O–H groups in total. The third-order valence-corrected chi connectivity index (χ3v) is 6.28. The van der Waals surface area contributed by atoms with Gasteiger partial charge in [0, 0.05) is 37.8 Å². The lowest BCUT2D eigenvalue weighted by Crippen LogP contribution is -2.50. The first kappa shape index (κ1) is 21.8. The van der Waals surface area contributed by atoms with Crippen LogP contribution in [0.2, 0.25) is 0 Å². The maximum atomic E-state index is 13.5. The number of carbonyl (C=O) groups is 1. The van der Waals surface area contributed by atoms with Crippen molar-refractivity contribution < 1.29 is 18.7 Å². The molecule has 0 radical (unpaired) electrons. The van der Waals surface area contributed by atoms with E-state index in [2.05, 4.69) is 4.90 Å². The number of hydrogen-bond donors (Lipinski definition) is 0. The summed E-state index contributed by atoms with van der Waals surface area (Å²) in [5.41, 5.74) is 1.64. The molecule has 166 valence electrons. The first-order valence-electron chi connectivity index (χ1n) is 11.2. The monoisotopic (exact) mass is 426 g/mol. The number of halogens is 1. The van der Waals surface area contributed by atoms with Crippen molar-refractivity contribution in [3.63, 3.8) is 0 Å². The van der Waals surface area contributed by atoms with E-state index in [1.165, 1.54) is 6.07 Å². The van der Waals surface area contributed by atoms with Crippen LogP contribution >= 0.6 is 0 Å². The third kappa shape index (κ3) is 5.63. The van der Waals surface area contributed by atoms with Crippen LogP contribution in [0.15, 0.2) is 48.5 Å². The van der Waals surface area contributed by atoms with Crippen molar-refractivity contribution in [1.29, 1.82) is 0 Å². The Kier molecular flexibility index (Phi) is 7.20. The molecule has 1 saturated carbocycles. The van der Waals surface area contributed by atoms with E-state index in [0.717, 1.165) is 50.1 Å². The normalized spacial score (nSPS) is 20.0. The fourth-order valence-electron chi connectivity index (χ4n) is 4.66. The van der Waals surface area contributed by atoms with Gasteiger partial charge in [0.2, 0.25) is 0 Å². The number of morpholine rings is 1. The highest BCUT2D eigenvalue weighted by atomic mass is 19.1. The van der Waals surface area contributed by atoms with Gasteiger partial charge in [0.15, 0.2) is 0 Å². The molecule has 1 heterocycles. The van der Waals surface area contributed by atoms with Gasteiger partial charge in [0.25, 0.3) is 5.91 Å². The molecule has 4 rings (SSSR count). The van der Waals surface area contributed by atoms with Gasteiger partial charge >= 0.3 is 0 Å². The lowest BCUT2D eigenvalue weighted by molar-refractivity contribution is -0.0468. The summed E-state index contributed by atoms with van der Waals surface area (Å²) in [6.45, 7) is 3.43. The summed E-state index contributed by atoms with van der Waals surface area (Å²) in [6, 6.07) is 14.3. The van der Waals surface area contributed by atoms with Crippen molar-refractivity contribution in [2.75, 3.05) is 33.4 Å². The number of rotatable bonds is 7. The lowest BCUT2D eigenvalue weighted by Gasteiger charge is -2.38. The Morgan fingerprint density at radius 1 is 1.19 bits per heavy atom. The van der Waals surface area contributed by atoms with E-state index < -0.39 is 0 Å². The smallest absolute Gasteiger partial charge is 0.254 e. The molecule has 2 aromatic carbocycles. The SMILES string of the molecule is COc1ccc(C(=O)N(CC2CN(Cc3cccc(F)c3)CCO2)C2CCCC2)cc1. The summed E-state index contributed by atoms with van der Waals surface area (Å²) in [4.78, 5) is 17.7. The molecule has 2 aromatic rings. The topological polar surface area (TPSA) is 42.0 Å². The molecule has 6 heteroatoms. The number of ether oxygens (including phenoxy) is 2. The first-order valence-corrected chi connectivity index (χ1v) is 11.2. The maximum Gasteiger partial charge on any atom is 0.254 e. The van der Waals surface area contributed by atoms with Crippen molar-refractivity contribution in [3.05, 3.63) is 65.5 Å². The molecule has 1 unspecified atom stereocenters. The molecule has 1 aliphatic heterocycles. The summed E-state index contributed by atoms with van der Waals surface area (Å²) in [5, 5.41) is 0. The molecule has 2 fully saturated rings. The van der Waals surface area contributed by atoms with Crippen molar-refractivity contribution in [2.45, 2.75) is 44.4 Å². The van der Waals surface area contributed by atoms with Crippen LogP contribution in [0.25, 0.3) is 0 Å². The molecule has 0 aromatic heterocycles. The second-order valence-corrected chi connectivity index (χ2v) is 8.48. The van der Waals surface area contributed by atoms with Gasteiger partial charge in [-0.25, -0.2) is 4.39 Å². The summed E-state index contributed by atoms with van der Waals surface area (Å²) in [5.74, 6) is 0.591. The van der Waals surface area contributed by atoms with Crippen molar-refractivity contribution in [2.24, 2.45) is 0 Å². The fraction of sp³-hybridized carbons (Fsp3) is 0.480. The van der Waals surface area contributed by atoms with Crippen LogP contribution in [0.1, 0.15) is 41.6 Å². The standard InChI is InChI=1S/C25H31FN2O3/c1-30-23-11-9-20(10-12-23)25(29)28(22-7-2-3-8-22)18-24-17-27(13-14-31-24)16-19-5-4-6-21(26)15-19/h4-6,9-12,15,22,24H,2-3,7-8,13-14,16-18H2,1H3. The molecule has 1 amide bonds. The highest BCUT2D eigenvalue weighted by Gasteiger charge is 2.31. The van der Waals surface area contributed by atoms with Crippen molar-refractivity contribution >= 4 is 5.91 Å². The Bertz CT molecular complexity index is 867. The Hall–Kier alpha value is -2.44. The molecule has 0 bridgehead atoms. The van der Waals surface area contributed by atoms with E-state index in [1.54, 1.807) is 19.2 Å². The zero-order valence-electron chi connectivity index (χ0n) is 18.1. The van der Waals surface area contributed by atoms with Gasteiger partial charge in [-0.05, 0) is 54.8 Å². The molecule has 1 saturated heterocycles. The molecule has 2 aliphatic rings. The summed E-state index contributed by atoms with van der Waals surface area (Å²) < 4.78 is 24.8. The van der Waals surface area contributed by atoms with Gasteiger partial charge in [0.1, 0.15) is 11.6 Å². The largest absolute Gasteiger partial charge is 0.497 e. The predicted molar refractivity (Wildman–Crippen MR) is 118 cm³/mol. The number of nitrogens with zero attached hydrogens (tertiary/aromatic N) is 2. The minimum absolute atomic E-state index is 0.0508. The van der Waals surface area contributed by atoms with E-state index in [4.69, 9.17) is 9.47 Å². The van der Waals surface area contributed by atoms with Crippen LogP contribution in [0.3, 0.4) is 0 Å². The number of amides is 1. The second kappa shape index (κ2) is 10.2. The van der Waals surface area contributed by atoms with Crippen LogP contribution in [0, 0.1) is 5.82 Å². The van der Waals surface area contributed by atoms with E-state index in [1.807, 2.05) is 35.2 Å². The van der Waals surface area contributed by atoms with E-state index in [-0.39, 0.29) is 23.9 Å². The van der Waals surface area contributed by atoms with Gasteiger partial charge in [-0.3, -0.25) is 9.69 Å². The van der Waals surface area contributed by atoms with Crippen LogP contribution < -0.4 is 4.74 Å². The van der Waals surface area contributed by atoms with E-state index in [9.17, 15) is 9.18 Å². The number of hydrogen-bond acceptors (Lipinski definition) is 4. The molecular weight excluding hydrogens is 395 g/mol. The predicted octanol–water partition coefficient (Wildman–Crippen LogP) is 4.12.